The molecule has 0 atom stereocenters. The second-order valence-corrected chi connectivity index (χ2v) is 3.28. The van der Waals surface area contributed by atoms with Crippen LogP contribution in [0.1, 0.15) is 0 Å². The first-order chi connectivity index (χ1) is 8.13. The summed E-state index contributed by atoms with van der Waals surface area (Å²) in [5, 5.41) is 8.48. The van der Waals surface area contributed by atoms with Crippen LogP contribution in [0.25, 0.3) is 0 Å². The summed E-state index contributed by atoms with van der Waals surface area (Å²) >= 11 is 4.76. The maximum Gasteiger partial charge on any atom is 0.431 e. The molecule has 0 unspecified atom stereocenters. The average molecular weight is 247 g/mol. The molecule has 0 aliphatic rings. The Morgan fingerprint density at radius 1 is 1.35 bits per heavy atom. The summed E-state index contributed by atoms with van der Waals surface area (Å²) < 4.78 is 4.89. The fourth-order valence-electron chi connectivity index (χ4n) is 0.855. The Morgan fingerprint density at radius 3 is 2.59 bits per heavy atom. The van der Waals surface area contributed by atoms with Crippen molar-refractivity contribution in [1.82, 2.24) is 10.9 Å². The van der Waals surface area contributed by atoms with Crippen molar-refractivity contribution >= 4 is 23.3 Å². The minimum absolute atomic E-state index is 0.0394. The lowest BCUT2D eigenvalue weighted by Crippen LogP contribution is -2.42. The van der Waals surface area contributed by atoms with Crippen LogP contribution in [0.15, 0.2) is 42.5 Å². The second-order valence-electron chi connectivity index (χ2n) is 2.87. The fourth-order valence-corrected chi connectivity index (χ4v) is 0.952. The number of nitrogens with one attached hydrogen (secondary N) is 2. The maximum absolute atomic E-state index is 11.3. The molecule has 0 aliphatic carbocycles. The molecule has 0 heterocycles. The highest BCUT2D eigenvalue weighted by molar-refractivity contribution is 7.80. The zero-order valence-corrected chi connectivity index (χ0v) is 9.58. The molecular weight excluding hydrogens is 238 g/mol. The SMILES string of the molecule is C=C(C#N)C(=S)NNC(=O)Oc1ccccc1. The van der Waals surface area contributed by atoms with E-state index in [1.165, 1.54) is 0 Å². The van der Waals surface area contributed by atoms with Crippen molar-refractivity contribution in [3.63, 3.8) is 0 Å². The fraction of sp³-hybridized carbons (Fsp3) is 0. The van der Waals surface area contributed by atoms with Crippen molar-refractivity contribution in [3.05, 3.63) is 42.5 Å². The number of hydrogen-bond acceptors (Lipinski definition) is 4. The first-order valence-electron chi connectivity index (χ1n) is 4.55. The summed E-state index contributed by atoms with van der Waals surface area (Å²) in [5.41, 5.74) is 4.58. The number of para-hydroxylation sites is 1. The van der Waals surface area contributed by atoms with Gasteiger partial charge >= 0.3 is 6.09 Å². The van der Waals surface area contributed by atoms with Gasteiger partial charge < -0.3 is 4.74 Å². The van der Waals surface area contributed by atoms with Crippen LogP contribution in [-0.2, 0) is 0 Å². The minimum atomic E-state index is -0.732. The Hall–Kier alpha value is -2.39. The molecule has 0 aromatic heterocycles. The van der Waals surface area contributed by atoms with Crippen molar-refractivity contribution < 1.29 is 9.53 Å². The third-order valence-electron chi connectivity index (χ3n) is 1.64. The molecule has 1 aromatic rings. The lowest BCUT2D eigenvalue weighted by molar-refractivity contribution is 0.198. The predicted octanol–water partition coefficient (Wildman–Crippen LogP) is 1.69. The van der Waals surface area contributed by atoms with E-state index in [1.807, 2.05) is 0 Å². The van der Waals surface area contributed by atoms with Crippen molar-refractivity contribution in [2.75, 3.05) is 0 Å². The van der Waals surface area contributed by atoms with Crippen LogP contribution in [0.2, 0.25) is 0 Å². The van der Waals surface area contributed by atoms with Crippen LogP contribution in [0.5, 0.6) is 5.75 Å². The molecule has 0 saturated heterocycles. The van der Waals surface area contributed by atoms with E-state index in [-0.39, 0.29) is 10.6 Å². The lowest BCUT2D eigenvalue weighted by Gasteiger charge is -2.08. The van der Waals surface area contributed by atoms with E-state index < -0.39 is 6.09 Å². The minimum Gasteiger partial charge on any atom is -0.409 e. The van der Waals surface area contributed by atoms with Crippen LogP contribution in [0, 0.1) is 11.3 Å². The molecule has 86 valence electrons. The van der Waals surface area contributed by atoms with Crippen LogP contribution < -0.4 is 15.6 Å². The molecule has 1 aromatic carbocycles. The van der Waals surface area contributed by atoms with Gasteiger partial charge in [0.15, 0.2) is 0 Å². The van der Waals surface area contributed by atoms with E-state index in [0.29, 0.717) is 5.75 Å². The highest BCUT2D eigenvalue weighted by Crippen LogP contribution is 2.07. The van der Waals surface area contributed by atoms with Gasteiger partial charge in [-0.25, -0.2) is 10.2 Å². The number of ether oxygens (including phenoxy) is 1. The van der Waals surface area contributed by atoms with Crippen molar-refractivity contribution in [1.29, 1.82) is 5.26 Å². The first kappa shape index (κ1) is 12.7. The third kappa shape index (κ3) is 4.32. The Kier molecular flexibility index (Phi) is 4.66. The first-order valence-corrected chi connectivity index (χ1v) is 4.96. The predicted molar refractivity (Wildman–Crippen MR) is 66.1 cm³/mol. The Bertz CT molecular complexity index is 479. The van der Waals surface area contributed by atoms with Crippen LogP contribution in [0.4, 0.5) is 4.79 Å². The van der Waals surface area contributed by atoms with Crippen LogP contribution >= 0.6 is 12.2 Å². The van der Waals surface area contributed by atoms with Crippen molar-refractivity contribution in [2.45, 2.75) is 0 Å². The molecule has 6 heteroatoms. The molecule has 0 bridgehead atoms. The molecule has 5 nitrogen and oxygen atoms in total. The summed E-state index contributed by atoms with van der Waals surface area (Å²) in [6.45, 7) is 3.38. The van der Waals surface area contributed by atoms with E-state index in [2.05, 4.69) is 17.4 Å². The lowest BCUT2D eigenvalue weighted by atomic mass is 10.3. The smallest absolute Gasteiger partial charge is 0.409 e. The molecular formula is C11H9N3O2S. The van der Waals surface area contributed by atoms with Crippen LogP contribution in [0.3, 0.4) is 0 Å². The molecule has 0 saturated carbocycles. The summed E-state index contributed by atoms with van der Waals surface area (Å²) in [6, 6.07) is 10.3. The topological polar surface area (TPSA) is 74.2 Å². The van der Waals surface area contributed by atoms with E-state index in [0.717, 1.165) is 0 Å². The Labute approximate surface area is 104 Å². The summed E-state index contributed by atoms with van der Waals surface area (Å²) in [6.07, 6.45) is -0.732. The number of rotatable bonds is 2. The number of thiocarbonyl (C=S) groups is 1. The number of nitriles is 1. The summed E-state index contributed by atoms with van der Waals surface area (Å²) in [5.74, 6) is 0.400. The van der Waals surface area contributed by atoms with Gasteiger partial charge in [-0.3, -0.25) is 5.43 Å². The number of amides is 1. The van der Waals surface area contributed by atoms with Gasteiger partial charge in [-0.2, -0.15) is 5.26 Å². The zero-order chi connectivity index (χ0) is 12.7. The molecule has 0 aliphatic heterocycles. The highest BCUT2D eigenvalue weighted by atomic mass is 32.1. The van der Waals surface area contributed by atoms with E-state index in [9.17, 15) is 4.79 Å². The monoisotopic (exact) mass is 247 g/mol. The molecule has 2 N–H and O–H groups in total. The van der Waals surface area contributed by atoms with Gasteiger partial charge in [-0.05, 0) is 12.1 Å². The number of benzene rings is 1. The molecule has 0 spiro atoms. The third-order valence-corrected chi connectivity index (χ3v) is 1.99. The van der Waals surface area contributed by atoms with Crippen LogP contribution in [-0.4, -0.2) is 11.1 Å². The second kappa shape index (κ2) is 6.25. The van der Waals surface area contributed by atoms with Crippen molar-refractivity contribution in [3.8, 4) is 11.8 Å². The summed E-state index contributed by atoms with van der Waals surface area (Å²) in [7, 11) is 0. The van der Waals surface area contributed by atoms with Gasteiger partial charge in [0, 0.05) is 0 Å². The van der Waals surface area contributed by atoms with Gasteiger partial charge in [0.25, 0.3) is 0 Å². The molecule has 1 rings (SSSR count). The quantitative estimate of drug-likeness (QED) is 0.360. The largest absolute Gasteiger partial charge is 0.431 e. The standard InChI is InChI=1S/C11H9N3O2S/c1-8(7-12)10(17)13-14-11(15)16-9-5-3-2-4-6-9/h2-6H,1H2,(H,13,17)(H,14,15). The maximum atomic E-state index is 11.3. The van der Waals surface area contributed by atoms with Gasteiger partial charge in [0.2, 0.25) is 0 Å². The van der Waals surface area contributed by atoms with Crippen molar-refractivity contribution in [2.24, 2.45) is 0 Å². The number of carbonyl (C=O) groups is 1. The molecule has 0 fully saturated rings. The van der Waals surface area contributed by atoms with E-state index in [4.69, 9.17) is 22.2 Å². The number of carbonyl (C=O) groups excluding carboxylic acids is 1. The summed E-state index contributed by atoms with van der Waals surface area (Å²) in [4.78, 5) is 11.3. The average Bonchev–Trinajstić information content (AvgIpc) is 2.36. The van der Waals surface area contributed by atoms with E-state index in [1.54, 1.807) is 36.4 Å². The number of hydrazine groups is 1. The number of nitrogens with zero attached hydrogens (tertiary/aromatic N) is 1. The molecule has 1 amide bonds. The Morgan fingerprint density at radius 2 is 2.00 bits per heavy atom. The van der Waals surface area contributed by atoms with Gasteiger partial charge in [0.1, 0.15) is 16.8 Å². The Balaban J connectivity index is 2.39. The van der Waals surface area contributed by atoms with Gasteiger partial charge in [0.05, 0.1) is 5.57 Å². The van der Waals surface area contributed by atoms with Gasteiger partial charge in [-0.15, -0.1) is 0 Å². The van der Waals surface area contributed by atoms with Gasteiger partial charge in [-0.1, -0.05) is 37.0 Å². The van der Waals surface area contributed by atoms with E-state index >= 15 is 0 Å². The normalized spacial score (nSPS) is 8.65. The highest BCUT2D eigenvalue weighted by Gasteiger charge is 2.05. The zero-order valence-electron chi connectivity index (χ0n) is 8.77. The molecule has 0 radical (unpaired) electrons. The molecule has 17 heavy (non-hydrogen) atoms. The number of hydrogen-bond donors (Lipinski definition) is 2.